The highest BCUT2D eigenvalue weighted by molar-refractivity contribution is 5.94. The third kappa shape index (κ3) is 3.13. The van der Waals surface area contributed by atoms with Crippen molar-refractivity contribution in [3.63, 3.8) is 0 Å². The minimum absolute atomic E-state index is 0.0600. The molecular formula is C13H13F3N2O. The van der Waals surface area contributed by atoms with Crippen LogP contribution in [-0.2, 0) is 0 Å². The van der Waals surface area contributed by atoms with Gasteiger partial charge in [-0.3, -0.25) is 4.79 Å². The zero-order valence-corrected chi connectivity index (χ0v) is 10.4. The van der Waals surface area contributed by atoms with Crippen molar-refractivity contribution in [2.45, 2.75) is 19.5 Å². The van der Waals surface area contributed by atoms with Gasteiger partial charge in [0.15, 0.2) is 5.78 Å². The van der Waals surface area contributed by atoms with Gasteiger partial charge in [-0.15, -0.1) is 0 Å². The maximum atomic E-state index is 12.5. The number of carbonyl (C=O) groups excluding carboxylic acids is 1. The molecule has 0 atom stereocenters. The molecule has 102 valence electrons. The zero-order valence-electron chi connectivity index (χ0n) is 10.4. The van der Waals surface area contributed by atoms with Gasteiger partial charge in [-0.05, 0) is 25.5 Å². The Labute approximate surface area is 108 Å². The maximum Gasteiger partial charge on any atom is 0.412 e. The Bertz CT molecular complexity index is 523. The van der Waals surface area contributed by atoms with E-state index in [0.29, 0.717) is 11.4 Å². The fourth-order valence-electron chi connectivity index (χ4n) is 1.95. The predicted octanol–water partition coefficient (Wildman–Crippen LogP) is 2.98. The molecule has 0 unspecified atom stereocenters. The topological polar surface area (TPSA) is 33.2 Å². The van der Waals surface area contributed by atoms with Gasteiger partial charge in [0, 0.05) is 30.4 Å². The second-order valence-corrected chi connectivity index (χ2v) is 4.38. The van der Waals surface area contributed by atoms with Crippen molar-refractivity contribution in [2.24, 2.45) is 0 Å². The van der Waals surface area contributed by atoms with Gasteiger partial charge in [0.2, 0.25) is 0 Å². The Kier molecular flexibility index (Phi) is 3.59. The summed E-state index contributed by atoms with van der Waals surface area (Å²) in [5, 5.41) is 0. The normalized spacial score (nSPS) is 16.2. The Morgan fingerprint density at radius 2 is 2.16 bits per heavy atom. The molecule has 1 aromatic rings. The molecule has 0 aromatic carbocycles. The summed E-state index contributed by atoms with van der Waals surface area (Å²) in [6.45, 7) is 1.85. The lowest BCUT2D eigenvalue weighted by Gasteiger charge is -2.28. The largest absolute Gasteiger partial charge is 0.412 e. The van der Waals surface area contributed by atoms with Gasteiger partial charge in [0.1, 0.15) is 5.82 Å². The molecule has 1 aliphatic heterocycles. The Hall–Kier alpha value is -1.85. The number of pyridine rings is 1. The Morgan fingerprint density at radius 3 is 2.68 bits per heavy atom. The highest BCUT2D eigenvalue weighted by atomic mass is 19.4. The van der Waals surface area contributed by atoms with E-state index < -0.39 is 11.7 Å². The molecule has 2 rings (SSSR count). The van der Waals surface area contributed by atoms with Gasteiger partial charge < -0.3 is 4.90 Å². The highest BCUT2D eigenvalue weighted by Crippen LogP contribution is 2.31. The molecule has 2 heterocycles. The Balaban J connectivity index is 2.16. The van der Waals surface area contributed by atoms with E-state index in [2.05, 4.69) is 4.98 Å². The number of anilines is 1. The van der Waals surface area contributed by atoms with E-state index in [1.807, 2.05) is 0 Å². The number of carbonyl (C=O) groups is 1. The van der Waals surface area contributed by atoms with Crippen LogP contribution in [0, 0.1) is 0 Å². The van der Waals surface area contributed by atoms with Gasteiger partial charge in [0.25, 0.3) is 0 Å². The molecule has 0 bridgehead atoms. The molecule has 0 saturated carbocycles. The molecular weight excluding hydrogens is 257 g/mol. The van der Waals surface area contributed by atoms with E-state index in [9.17, 15) is 18.0 Å². The molecule has 0 fully saturated rings. The smallest absolute Gasteiger partial charge is 0.353 e. The van der Waals surface area contributed by atoms with Crippen LogP contribution in [0.3, 0.4) is 0 Å². The lowest BCUT2D eigenvalue weighted by atomic mass is 10.1. The van der Waals surface area contributed by atoms with Crippen molar-refractivity contribution in [1.29, 1.82) is 0 Å². The quantitative estimate of drug-likeness (QED) is 0.612. The summed E-state index contributed by atoms with van der Waals surface area (Å²) < 4.78 is 37.5. The second-order valence-electron chi connectivity index (χ2n) is 4.38. The van der Waals surface area contributed by atoms with Crippen molar-refractivity contribution >= 4 is 11.6 Å². The van der Waals surface area contributed by atoms with E-state index in [1.54, 1.807) is 17.0 Å². The summed E-state index contributed by atoms with van der Waals surface area (Å²) in [5.41, 5.74) is 0.0158. The first kappa shape index (κ1) is 13.6. The van der Waals surface area contributed by atoms with Gasteiger partial charge in [-0.25, -0.2) is 4.98 Å². The first-order valence-electron chi connectivity index (χ1n) is 5.86. The molecule has 1 aliphatic rings. The summed E-state index contributed by atoms with van der Waals surface area (Å²) in [5.74, 6) is 0.442. The predicted molar refractivity (Wildman–Crippen MR) is 65.2 cm³/mol. The molecule has 0 spiro atoms. The second kappa shape index (κ2) is 5.03. The number of hydrogen-bond acceptors (Lipinski definition) is 3. The maximum absolute atomic E-state index is 12.5. The van der Waals surface area contributed by atoms with Crippen LogP contribution in [0.5, 0.6) is 0 Å². The fourth-order valence-corrected chi connectivity index (χ4v) is 1.95. The standard InChI is InChI=1S/C13H13F3N2O/c1-9(19)10-2-5-17-12(8-10)18-6-3-11(4-7-18)13(14,15)16/h2-3,5,8H,4,6-7H2,1H3. The first-order valence-corrected chi connectivity index (χ1v) is 5.86. The molecule has 1 aromatic heterocycles. The molecule has 0 aliphatic carbocycles. The number of aromatic nitrogens is 1. The number of ketones is 1. The van der Waals surface area contributed by atoms with Crippen LogP contribution in [0.2, 0.25) is 0 Å². The third-order valence-electron chi connectivity index (χ3n) is 3.05. The van der Waals surface area contributed by atoms with Crippen molar-refractivity contribution < 1.29 is 18.0 Å². The zero-order chi connectivity index (χ0) is 14.0. The molecule has 0 N–H and O–H groups in total. The number of alkyl halides is 3. The minimum atomic E-state index is -4.25. The van der Waals surface area contributed by atoms with Gasteiger partial charge in [-0.1, -0.05) is 6.08 Å². The summed E-state index contributed by atoms with van der Waals surface area (Å²) in [6, 6.07) is 3.20. The van der Waals surface area contributed by atoms with Gasteiger partial charge >= 0.3 is 6.18 Å². The average molecular weight is 270 g/mol. The van der Waals surface area contributed by atoms with Crippen molar-refractivity contribution in [3.05, 3.63) is 35.5 Å². The highest BCUT2D eigenvalue weighted by Gasteiger charge is 2.34. The number of nitrogens with zero attached hydrogens (tertiary/aromatic N) is 2. The van der Waals surface area contributed by atoms with Crippen LogP contribution in [0.15, 0.2) is 30.0 Å². The summed E-state index contributed by atoms with van der Waals surface area (Å²) in [6.07, 6.45) is -1.64. The average Bonchev–Trinajstić information content (AvgIpc) is 2.38. The first-order chi connectivity index (χ1) is 8.88. The SMILES string of the molecule is CC(=O)c1ccnc(N2CC=C(C(F)(F)F)CC2)c1. The van der Waals surface area contributed by atoms with E-state index >= 15 is 0 Å². The molecule has 0 saturated heterocycles. The van der Waals surface area contributed by atoms with Crippen molar-refractivity contribution in [2.75, 3.05) is 18.0 Å². The molecule has 3 nitrogen and oxygen atoms in total. The van der Waals surface area contributed by atoms with Crippen LogP contribution < -0.4 is 4.90 Å². The number of hydrogen-bond donors (Lipinski definition) is 0. The van der Waals surface area contributed by atoms with E-state index in [4.69, 9.17) is 0 Å². The lowest BCUT2D eigenvalue weighted by Crippen LogP contribution is -2.32. The van der Waals surface area contributed by atoms with Crippen LogP contribution in [-0.4, -0.2) is 30.0 Å². The summed E-state index contributed by atoms with van der Waals surface area (Å²) in [4.78, 5) is 17.1. The molecule has 19 heavy (non-hydrogen) atoms. The van der Waals surface area contributed by atoms with Crippen molar-refractivity contribution in [1.82, 2.24) is 4.98 Å². The lowest BCUT2D eigenvalue weighted by molar-refractivity contribution is -0.0944. The summed E-state index contributed by atoms with van der Waals surface area (Å²) in [7, 11) is 0. The number of halogens is 3. The van der Waals surface area contributed by atoms with Gasteiger partial charge in [0.05, 0.1) is 0 Å². The third-order valence-corrected chi connectivity index (χ3v) is 3.05. The molecule has 0 amide bonds. The van der Waals surface area contributed by atoms with Crippen LogP contribution in [0.4, 0.5) is 19.0 Å². The number of Topliss-reactive ketones (excluding diaryl/α,β-unsaturated/α-hetero) is 1. The van der Waals surface area contributed by atoms with Gasteiger partial charge in [-0.2, -0.15) is 13.2 Å². The molecule has 0 radical (unpaired) electrons. The Morgan fingerprint density at radius 1 is 1.42 bits per heavy atom. The van der Waals surface area contributed by atoms with E-state index in [-0.39, 0.29) is 25.3 Å². The van der Waals surface area contributed by atoms with Crippen molar-refractivity contribution in [3.8, 4) is 0 Å². The summed E-state index contributed by atoms with van der Waals surface area (Å²) >= 11 is 0. The monoisotopic (exact) mass is 270 g/mol. The van der Waals surface area contributed by atoms with Crippen LogP contribution >= 0.6 is 0 Å². The van der Waals surface area contributed by atoms with E-state index in [1.165, 1.54) is 19.2 Å². The minimum Gasteiger partial charge on any atom is -0.353 e. The fraction of sp³-hybridized carbons (Fsp3) is 0.385. The van der Waals surface area contributed by atoms with E-state index in [0.717, 1.165) is 0 Å². The van der Waals surface area contributed by atoms with Crippen LogP contribution in [0.25, 0.3) is 0 Å². The molecule has 6 heteroatoms. The number of rotatable bonds is 2. The van der Waals surface area contributed by atoms with Crippen LogP contribution in [0.1, 0.15) is 23.7 Å².